The third-order valence-corrected chi connectivity index (χ3v) is 4.99. The van der Waals surface area contributed by atoms with Gasteiger partial charge in [-0.25, -0.2) is 4.79 Å². The highest BCUT2D eigenvalue weighted by atomic mass is 32.2. The van der Waals surface area contributed by atoms with E-state index in [0.29, 0.717) is 6.42 Å². The molecule has 0 spiro atoms. The van der Waals surface area contributed by atoms with Crippen molar-refractivity contribution >= 4 is 22.1 Å². The minimum absolute atomic E-state index is 0.486. The van der Waals surface area contributed by atoms with Crippen LogP contribution < -0.4 is 0 Å². The maximum Gasteiger partial charge on any atom is 0.380 e. The lowest BCUT2D eigenvalue weighted by Gasteiger charge is -2.33. The molecule has 2 unspecified atom stereocenters. The van der Waals surface area contributed by atoms with Crippen molar-refractivity contribution in [1.82, 2.24) is 0 Å². The summed E-state index contributed by atoms with van der Waals surface area (Å²) in [4.78, 5) is 24.6. The summed E-state index contributed by atoms with van der Waals surface area (Å²) in [6, 6.07) is 0. The third kappa shape index (κ3) is 7.29. The fraction of sp³-hybridized carbons (Fsp3) is 0.875. The van der Waals surface area contributed by atoms with Gasteiger partial charge in [0.2, 0.25) is 0 Å². The first-order valence-electron chi connectivity index (χ1n) is 8.02. The second kappa shape index (κ2) is 8.01. The van der Waals surface area contributed by atoms with Gasteiger partial charge in [-0.3, -0.25) is 9.35 Å². The largest absolute Gasteiger partial charge is 0.455 e. The van der Waals surface area contributed by atoms with Crippen LogP contribution in [0.4, 0.5) is 0 Å². The molecule has 0 aromatic carbocycles. The summed E-state index contributed by atoms with van der Waals surface area (Å²) >= 11 is 0. The van der Waals surface area contributed by atoms with E-state index in [1.807, 2.05) is 0 Å². The van der Waals surface area contributed by atoms with Crippen LogP contribution in [-0.2, 0) is 33.9 Å². The van der Waals surface area contributed by atoms with Crippen molar-refractivity contribution in [3.05, 3.63) is 0 Å². The van der Waals surface area contributed by atoms with Crippen molar-refractivity contribution in [2.24, 2.45) is 5.92 Å². The number of hydrogen-bond acceptors (Lipinski definition) is 7. The Kier molecular flexibility index (Phi) is 7.63. The summed E-state index contributed by atoms with van der Waals surface area (Å²) in [6.45, 7) is 11.3. The lowest BCUT2D eigenvalue weighted by molar-refractivity contribution is -0.246. The molecule has 8 nitrogen and oxygen atoms in total. The molecule has 0 aromatic rings. The van der Waals surface area contributed by atoms with Crippen LogP contribution in [0.3, 0.4) is 0 Å². The third-order valence-electron chi connectivity index (χ3n) is 3.47. The zero-order valence-electron chi connectivity index (χ0n) is 16.2. The van der Waals surface area contributed by atoms with E-state index in [0.717, 1.165) is 0 Å². The van der Waals surface area contributed by atoms with Gasteiger partial charge in [0.05, 0.1) is 12.5 Å². The predicted molar refractivity (Wildman–Crippen MR) is 91.4 cm³/mol. The molecule has 0 aliphatic rings. The first-order valence-corrected chi connectivity index (χ1v) is 9.46. The molecule has 0 bridgehead atoms. The first kappa shape index (κ1) is 23.8. The van der Waals surface area contributed by atoms with Gasteiger partial charge >= 0.3 is 17.7 Å². The maximum atomic E-state index is 12.5. The van der Waals surface area contributed by atoms with E-state index in [9.17, 15) is 22.6 Å². The summed E-state index contributed by atoms with van der Waals surface area (Å²) < 4.78 is 46.1. The van der Waals surface area contributed by atoms with Gasteiger partial charge < -0.3 is 14.2 Å². The van der Waals surface area contributed by atoms with E-state index < -0.39 is 50.7 Å². The van der Waals surface area contributed by atoms with Crippen molar-refractivity contribution in [3.63, 3.8) is 0 Å². The lowest BCUT2D eigenvalue weighted by Crippen LogP contribution is -2.50. The summed E-state index contributed by atoms with van der Waals surface area (Å²) in [5.41, 5.74) is -0.872. The van der Waals surface area contributed by atoms with Crippen LogP contribution in [0, 0.1) is 5.92 Å². The van der Waals surface area contributed by atoms with Crippen LogP contribution in [0.25, 0.3) is 0 Å². The molecule has 9 heteroatoms. The van der Waals surface area contributed by atoms with Crippen molar-refractivity contribution in [1.29, 1.82) is 0 Å². The summed E-state index contributed by atoms with van der Waals surface area (Å²) in [5.74, 6) is -4.28. The highest BCUT2D eigenvalue weighted by molar-refractivity contribution is 7.87. The molecule has 1 N–H and O–H groups in total. The SMILES string of the molecule is CCC(C)C(=O)OC(C)(OCC(C)(C)S(=O)(=O)O)C(=O)OC(C)(C)C. The van der Waals surface area contributed by atoms with Gasteiger partial charge in [-0.05, 0) is 41.0 Å². The Hall–Kier alpha value is -1.19. The highest BCUT2D eigenvalue weighted by Crippen LogP contribution is 2.25. The van der Waals surface area contributed by atoms with Gasteiger partial charge in [0.25, 0.3) is 10.1 Å². The van der Waals surface area contributed by atoms with Crippen LogP contribution in [-0.4, -0.2) is 47.7 Å². The standard InChI is InChI=1S/C16H30O8S/c1-9-11(2)12(17)23-16(8,13(18)24-14(3,4)5)22-10-15(6,7)25(19,20)21/h11H,9-10H2,1-8H3,(H,19,20,21). The van der Waals surface area contributed by atoms with Gasteiger partial charge in [0.15, 0.2) is 0 Å². The smallest absolute Gasteiger partial charge is 0.380 e. The highest BCUT2D eigenvalue weighted by Gasteiger charge is 2.46. The Morgan fingerprint density at radius 2 is 1.52 bits per heavy atom. The fourth-order valence-corrected chi connectivity index (χ4v) is 1.55. The number of esters is 2. The maximum absolute atomic E-state index is 12.5. The fourth-order valence-electron chi connectivity index (χ4n) is 1.35. The molecule has 0 saturated heterocycles. The van der Waals surface area contributed by atoms with Crippen LogP contribution in [0.1, 0.15) is 61.8 Å². The molecular formula is C16H30O8S. The molecule has 0 aromatic heterocycles. The Morgan fingerprint density at radius 3 is 1.88 bits per heavy atom. The molecule has 0 aliphatic carbocycles. The van der Waals surface area contributed by atoms with Gasteiger partial charge in [0, 0.05) is 6.92 Å². The van der Waals surface area contributed by atoms with E-state index in [-0.39, 0.29) is 0 Å². The summed E-state index contributed by atoms with van der Waals surface area (Å²) in [7, 11) is -4.45. The topological polar surface area (TPSA) is 116 Å². The number of hydrogen-bond donors (Lipinski definition) is 1. The zero-order chi connectivity index (χ0) is 20.3. The van der Waals surface area contributed by atoms with Crippen LogP contribution in [0.2, 0.25) is 0 Å². The summed E-state index contributed by atoms with van der Waals surface area (Å²) in [6.07, 6.45) is 0.486. The molecule has 148 valence electrons. The Morgan fingerprint density at radius 1 is 1.04 bits per heavy atom. The predicted octanol–water partition coefficient (Wildman–Crippen LogP) is 2.32. The van der Waals surface area contributed by atoms with Crippen LogP contribution in [0.5, 0.6) is 0 Å². The van der Waals surface area contributed by atoms with Gasteiger partial charge in [0.1, 0.15) is 10.3 Å². The van der Waals surface area contributed by atoms with Gasteiger partial charge in [-0.1, -0.05) is 13.8 Å². The molecule has 0 aliphatic heterocycles. The van der Waals surface area contributed by atoms with Crippen LogP contribution in [0.15, 0.2) is 0 Å². The van der Waals surface area contributed by atoms with Crippen molar-refractivity contribution < 1.29 is 36.8 Å². The molecule has 0 amide bonds. The minimum Gasteiger partial charge on any atom is -0.455 e. The number of rotatable bonds is 8. The molecule has 2 atom stereocenters. The van der Waals surface area contributed by atoms with Crippen molar-refractivity contribution in [2.75, 3.05) is 6.61 Å². The van der Waals surface area contributed by atoms with E-state index in [1.54, 1.807) is 34.6 Å². The molecule has 0 rings (SSSR count). The quantitative estimate of drug-likeness (QED) is 0.386. The minimum atomic E-state index is -4.45. The lowest BCUT2D eigenvalue weighted by atomic mass is 10.1. The normalized spacial score (nSPS) is 16.7. The van der Waals surface area contributed by atoms with Gasteiger partial charge in [-0.15, -0.1) is 0 Å². The molecule has 25 heavy (non-hydrogen) atoms. The van der Waals surface area contributed by atoms with Crippen molar-refractivity contribution in [2.45, 2.75) is 77.9 Å². The second-order valence-corrected chi connectivity index (χ2v) is 9.76. The average Bonchev–Trinajstić information content (AvgIpc) is 2.41. The molecule has 0 radical (unpaired) electrons. The molecule has 0 heterocycles. The van der Waals surface area contributed by atoms with E-state index in [1.165, 1.54) is 20.8 Å². The Balaban J connectivity index is 5.53. The Bertz CT molecular complexity index is 588. The zero-order valence-corrected chi connectivity index (χ0v) is 17.0. The van der Waals surface area contributed by atoms with Crippen molar-refractivity contribution in [3.8, 4) is 0 Å². The van der Waals surface area contributed by atoms with E-state index in [2.05, 4.69) is 0 Å². The Labute approximate surface area is 150 Å². The monoisotopic (exact) mass is 382 g/mol. The second-order valence-electron chi connectivity index (χ2n) is 7.70. The molecule has 0 saturated carbocycles. The molecule has 0 fully saturated rings. The average molecular weight is 382 g/mol. The van der Waals surface area contributed by atoms with E-state index in [4.69, 9.17) is 14.2 Å². The summed E-state index contributed by atoms with van der Waals surface area (Å²) in [5, 5.41) is 0. The number of carbonyl (C=O) groups is 2. The van der Waals surface area contributed by atoms with Crippen LogP contribution >= 0.6 is 0 Å². The number of ether oxygens (including phenoxy) is 3. The molecular weight excluding hydrogens is 352 g/mol. The van der Waals surface area contributed by atoms with E-state index >= 15 is 0 Å². The van der Waals surface area contributed by atoms with Gasteiger partial charge in [-0.2, -0.15) is 8.42 Å². The first-order chi connectivity index (χ1) is 11.0. The number of carbonyl (C=O) groups excluding carboxylic acids is 2.